The van der Waals surface area contributed by atoms with Gasteiger partial charge in [-0.1, -0.05) is 6.92 Å². The number of aromatic nitrogens is 3. The maximum Gasteiger partial charge on any atom is 0.316 e. The second-order valence-electron chi connectivity index (χ2n) is 4.48. The predicted octanol–water partition coefficient (Wildman–Crippen LogP) is 1.68. The van der Waals surface area contributed by atoms with Crippen LogP contribution in [0.4, 0.5) is 6.01 Å². The first-order valence-corrected chi connectivity index (χ1v) is 6.48. The van der Waals surface area contributed by atoms with Crippen LogP contribution in [0.2, 0.25) is 0 Å². The van der Waals surface area contributed by atoms with Gasteiger partial charge in [-0.15, -0.1) is 0 Å². The molecule has 0 bridgehead atoms. The average molecular weight is 260 g/mol. The number of hydrogen-bond donors (Lipinski definition) is 0. The van der Waals surface area contributed by atoms with E-state index in [-0.39, 0.29) is 6.10 Å². The van der Waals surface area contributed by atoms with Crippen molar-refractivity contribution in [2.45, 2.75) is 25.9 Å². The highest BCUT2D eigenvalue weighted by Gasteiger charge is 2.27. The van der Waals surface area contributed by atoms with E-state index in [1.807, 2.05) is 0 Å². The first-order chi connectivity index (χ1) is 9.35. The number of aryl methyl sites for hydroxylation is 1. The van der Waals surface area contributed by atoms with E-state index in [2.05, 4.69) is 26.8 Å². The van der Waals surface area contributed by atoms with Crippen molar-refractivity contribution in [2.24, 2.45) is 0 Å². The van der Waals surface area contributed by atoms with Gasteiger partial charge in [0.05, 0.1) is 12.2 Å². The topological polar surface area (TPSA) is 64.3 Å². The number of anilines is 1. The first kappa shape index (κ1) is 12.0. The van der Waals surface area contributed by atoms with Gasteiger partial charge in [-0.05, 0) is 12.5 Å². The molecule has 2 aromatic rings. The normalized spacial score (nSPS) is 18.8. The van der Waals surface area contributed by atoms with Crippen LogP contribution in [0.15, 0.2) is 29.1 Å². The molecule has 0 spiro atoms. The highest BCUT2D eigenvalue weighted by atomic mass is 16.5. The van der Waals surface area contributed by atoms with Crippen LogP contribution in [-0.4, -0.2) is 34.1 Å². The summed E-state index contributed by atoms with van der Waals surface area (Å²) in [4.78, 5) is 14.6. The van der Waals surface area contributed by atoms with Crippen molar-refractivity contribution < 1.29 is 9.15 Å². The van der Waals surface area contributed by atoms with Crippen LogP contribution in [-0.2, 0) is 6.42 Å². The van der Waals surface area contributed by atoms with Crippen LogP contribution < -0.4 is 9.64 Å². The molecule has 1 atom stereocenters. The van der Waals surface area contributed by atoms with E-state index in [1.165, 1.54) is 0 Å². The lowest BCUT2D eigenvalue weighted by Crippen LogP contribution is -2.25. The molecule has 6 heteroatoms. The van der Waals surface area contributed by atoms with Crippen molar-refractivity contribution in [3.05, 3.63) is 30.4 Å². The van der Waals surface area contributed by atoms with Gasteiger partial charge in [-0.25, -0.2) is 9.97 Å². The Hall–Kier alpha value is -2.11. The average Bonchev–Trinajstić information content (AvgIpc) is 3.08. The lowest BCUT2D eigenvalue weighted by atomic mass is 10.3. The molecule has 0 aliphatic carbocycles. The molecule has 1 aliphatic heterocycles. The minimum Gasteiger partial charge on any atom is -0.458 e. The lowest BCUT2D eigenvalue weighted by Gasteiger charge is -2.13. The van der Waals surface area contributed by atoms with Gasteiger partial charge >= 0.3 is 6.01 Å². The van der Waals surface area contributed by atoms with Crippen LogP contribution in [0.25, 0.3) is 0 Å². The van der Waals surface area contributed by atoms with Crippen molar-refractivity contribution in [3.8, 4) is 6.01 Å². The van der Waals surface area contributed by atoms with Crippen LogP contribution >= 0.6 is 0 Å². The summed E-state index contributed by atoms with van der Waals surface area (Å²) < 4.78 is 11.2. The van der Waals surface area contributed by atoms with Crippen LogP contribution in [0.1, 0.15) is 19.0 Å². The van der Waals surface area contributed by atoms with E-state index >= 15 is 0 Å². The van der Waals surface area contributed by atoms with Crippen molar-refractivity contribution in [3.63, 3.8) is 0 Å². The number of rotatable bonds is 4. The minimum atomic E-state index is 0.0828. The molecule has 0 amide bonds. The summed E-state index contributed by atoms with van der Waals surface area (Å²) >= 11 is 0. The Balaban J connectivity index is 1.61. The molecule has 0 unspecified atom stereocenters. The van der Waals surface area contributed by atoms with E-state index in [1.54, 1.807) is 24.7 Å². The van der Waals surface area contributed by atoms with E-state index in [4.69, 9.17) is 9.15 Å². The van der Waals surface area contributed by atoms with E-state index in [9.17, 15) is 0 Å². The van der Waals surface area contributed by atoms with E-state index < -0.39 is 0 Å². The van der Waals surface area contributed by atoms with Gasteiger partial charge in [-0.3, -0.25) is 0 Å². The highest BCUT2D eigenvalue weighted by Crippen LogP contribution is 2.21. The Morgan fingerprint density at radius 1 is 1.42 bits per heavy atom. The van der Waals surface area contributed by atoms with Gasteiger partial charge < -0.3 is 14.1 Å². The zero-order valence-corrected chi connectivity index (χ0v) is 10.8. The maximum absolute atomic E-state index is 5.73. The Kier molecular flexibility index (Phi) is 3.31. The fraction of sp³-hybridized carbons (Fsp3) is 0.462. The molecule has 1 aliphatic rings. The fourth-order valence-electron chi connectivity index (χ4n) is 2.10. The van der Waals surface area contributed by atoms with Gasteiger partial charge in [0.1, 0.15) is 12.4 Å². The Morgan fingerprint density at radius 3 is 3.00 bits per heavy atom. The van der Waals surface area contributed by atoms with Gasteiger partial charge in [-0.2, -0.15) is 4.98 Å². The summed E-state index contributed by atoms with van der Waals surface area (Å²) in [5, 5.41) is 0. The van der Waals surface area contributed by atoms with E-state index in [0.29, 0.717) is 12.0 Å². The standard InChI is InChI=1S/C13H16N4O2/c1-2-10-9-18-13(16-10)17-7-4-11(8-17)19-12-14-5-3-6-15-12/h3,5-6,9,11H,2,4,7-8H2,1H3/t11-/m0/s1. The molecule has 0 radical (unpaired) electrons. The molecular formula is C13H16N4O2. The Bertz CT molecular complexity index is 528. The van der Waals surface area contributed by atoms with Crippen LogP contribution in [0, 0.1) is 0 Å². The first-order valence-electron chi connectivity index (χ1n) is 6.48. The molecule has 100 valence electrons. The molecule has 0 saturated carbocycles. The number of oxazole rings is 1. The maximum atomic E-state index is 5.73. The Morgan fingerprint density at radius 2 is 2.26 bits per heavy atom. The summed E-state index contributed by atoms with van der Waals surface area (Å²) in [7, 11) is 0. The monoisotopic (exact) mass is 260 g/mol. The van der Waals surface area contributed by atoms with Crippen LogP contribution in [0.3, 0.4) is 0 Å². The molecule has 6 nitrogen and oxygen atoms in total. The summed E-state index contributed by atoms with van der Waals surface area (Å²) in [6, 6.07) is 2.88. The van der Waals surface area contributed by atoms with Gasteiger partial charge in [0, 0.05) is 25.4 Å². The largest absolute Gasteiger partial charge is 0.458 e. The molecule has 3 rings (SSSR count). The third-order valence-electron chi connectivity index (χ3n) is 3.13. The molecule has 0 aromatic carbocycles. The molecular weight excluding hydrogens is 244 g/mol. The number of nitrogens with zero attached hydrogens (tertiary/aromatic N) is 4. The molecule has 1 fully saturated rings. The molecule has 1 saturated heterocycles. The van der Waals surface area contributed by atoms with Gasteiger partial charge in [0.25, 0.3) is 6.01 Å². The van der Waals surface area contributed by atoms with E-state index in [0.717, 1.165) is 31.6 Å². The quantitative estimate of drug-likeness (QED) is 0.833. The summed E-state index contributed by atoms with van der Waals surface area (Å²) in [5.74, 6) is 0. The second kappa shape index (κ2) is 5.26. The predicted molar refractivity (Wildman–Crippen MR) is 69.2 cm³/mol. The van der Waals surface area contributed by atoms with Crippen molar-refractivity contribution >= 4 is 6.01 Å². The smallest absolute Gasteiger partial charge is 0.316 e. The lowest BCUT2D eigenvalue weighted by molar-refractivity contribution is 0.205. The third kappa shape index (κ3) is 2.67. The number of ether oxygens (including phenoxy) is 1. The fourth-order valence-corrected chi connectivity index (χ4v) is 2.10. The Labute approximate surface area is 111 Å². The second-order valence-corrected chi connectivity index (χ2v) is 4.48. The minimum absolute atomic E-state index is 0.0828. The van der Waals surface area contributed by atoms with Gasteiger partial charge in [0.2, 0.25) is 0 Å². The van der Waals surface area contributed by atoms with Crippen molar-refractivity contribution in [2.75, 3.05) is 18.0 Å². The number of hydrogen-bond acceptors (Lipinski definition) is 6. The third-order valence-corrected chi connectivity index (χ3v) is 3.13. The molecule has 3 heterocycles. The van der Waals surface area contributed by atoms with Gasteiger partial charge in [0.15, 0.2) is 0 Å². The highest BCUT2D eigenvalue weighted by molar-refractivity contribution is 5.29. The summed E-state index contributed by atoms with van der Waals surface area (Å²) in [5.41, 5.74) is 0.978. The van der Waals surface area contributed by atoms with Crippen molar-refractivity contribution in [1.29, 1.82) is 0 Å². The molecule has 2 aromatic heterocycles. The zero-order chi connectivity index (χ0) is 13.1. The van der Waals surface area contributed by atoms with Crippen LogP contribution in [0.5, 0.6) is 6.01 Å². The van der Waals surface area contributed by atoms with Crippen molar-refractivity contribution in [1.82, 2.24) is 15.0 Å². The summed E-state index contributed by atoms with van der Waals surface area (Å²) in [6.45, 7) is 3.69. The SMILES string of the molecule is CCc1coc(N2CC[C@H](Oc3ncccn3)C2)n1. The zero-order valence-electron chi connectivity index (χ0n) is 10.8. The molecule has 19 heavy (non-hydrogen) atoms. The summed E-state index contributed by atoms with van der Waals surface area (Å²) in [6.07, 6.45) is 6.95. The molecule has 0 N–H and O–H groups in total.